The van der Waals surface area contributed by atoms with Gasteiger partial charge in [-0.1, -0.05) is 19.1 Å². The lowest BCUT2D eigenvalue weighted by atomic mass is 9.98. The van der Waals surface area contributed by atoms with Crippen LogP contribution in [0.25, 0.3) is 44.6 Å². The number of imidazole rings is 1. The fourth-order valence-corrected chi connectivity index (χ4v) is 5.18. The Labute approximate surface area is 205 Å². The number of piperidine rings is 1. The number of pyridine rings is 1. The Kier molecular flexibility index (Phi) is 5.70. The molecule has 0 amide bonds. The summed E-state index contributed by atoms with van der Waals surface area (Å²) in [6, 6.07) is 12.8. The number of aromatic amines is 2. The van der Waals surface area contributed by atoms with Gasteiger partial charge >= 0.3 is 0 Å². The van der Waals surface area contributed by atoms with E-state index in [1.807, 2.05) is 12.4 Å². The lowest BCUT2D eigenvalue weighted by Crippen LogP contribution is -2.29. The molecule has 7 nitrogen and oxygen atoms in total. The van der Waals surface area contributed by atoms with Gasteiger partial charge in [-0.15, -0.1) is 0 Å². The average Bonchev–Trinajstić information content (AvgIpc) is 3.52. The molecule has 6 rings (SSSR count). The van der Waals surface area contributed by atoms with Crippen LogP contribution in [0.5, 0.6) is 0 Å². The average molecular weight is 466 g/mol. The Bertz CT molecular complexity index is 1490. The molecule has 0 bridgehead atoms. The number of nitrogens with one attached hydrogen (secondary N) is 3. The number of aromatic nitrogens is 5. The van der Waals surface area contributed by atoms with Crippen molar-refractivity contribution in [2.45, 2.75) is 39.7 Å². The van der Waals surface area contributed by atoms with Crippen LogP contribution in [0.3, 0.4) is 0 Å². The summed E-state index contributed by atoms with van der Waals surface area (Å²) in [4.78, 5) is 15.6. The Hall–Kier alpha value is -3.71. The van der Waals surface area contributed by atoms with Crippen molar-refractivity contribution >= 4 is 27.6 Å². The molecule has 178 valence electrons. The van der Waals surface area contributed by atoms with E-state index in [1.54, 1.807) is 0 Å². The van der Waals surface area contributed by atoms with Crippen LogP contribution in [-0.2, 0) is 6.54 Å². The molecule has 5 aromatic rings. The molecule has 2 aromatic carbocycles. The number of nitrogens with zero attached hydrogens (tertiary/aromatic N) is 4. The largest absolute Gasteiger partial charge is 0.370 e. The first-order chi connectivity index (χ1) is 17.2. The second-order valence-electron chi connectivity index (χ2n) is 9.39. The number of benzene rings is 2. The zero-order valence-corrected chi connectivity index (χ0v) is 20.4. The zero-order valence-electron chi connectivity index (χ0n) is 20.4. The van der Waals surface area contributed by atoms with Crippen LogP contribution in [-0.4, -0.2) is 44.8 Å². The first-order valence-corrected chi connectivity index (χ1v) is 12.6. The number of anilines is 1. The van der Waals surface area contributed by atoms with Crippen LogP contribution in [0.2, 0.25) is 0 Å². The van der Waals surface area contributed by atoms with E-state index in [4.69, 9.17) is 4.98 Å². The normalized spacial score (nSPS) is 14.3. The predicted octanol–water partition coefficient (Wildman–Crippen LogP) is 5.58. The zero-order chi connectivity index (χ0) is 23.8. The third-order valence-corrected chi connectivity index (χ3v) is 7.17. The molecule has 0 atom stereocenters. The van der Waals surface area contributed by atoms with Gasteiger partial charge < -0.3 is 15.2 Å². The Balaban J connectivity index is 1.42. The van der Waals surface area contributed by atoms with E-state index in [2.05, 4.69) is 80.6 Å². The summed E-state index contributed by atoms with van der Waals surface area (Å²) in [6.07, 6.45) is 7.71. The topological polar surface area (TPSA) is 85.5 Å². The van der Waals surface area contributed by atoms with Gasteiger partial charge in [-0.05, 0) is 73.7 Å². The Morgan fingerprint density at radius 3 is 2.77 bits per heavy atom. The number of para-hydroxylation sites is 1. The summed E-state index contributed by atoms with van der Waals surface area (Å²) < 4.78 is 0. The highest BCUT2D eigenvalue weighted by atomic mass is 15.2. The number of hydrogen-bond donors (Lipinski definition) is 3. The van der Waals surface area contributed by atoms with Crippen molar-refractivity contribution in [1.82, 2.24) is 30.5 Å². The van der Waals surface area contributed by atoms with E-state index in [9.17, 15) is 0 Å². The van der Waals surface area contributed by atoms with Gasteiger partial charge in [0.2, 0.25) is 0 Å². The van der Waals surface area contributed by atoms with Crippen LogP contribution in [0.15, 0.2) is 48.8 Å². The second kappa shape index (κ2) is 9.15. The Morgan fingerprint density at radius 2 is 1.91 bits per heavy atom. The van der Waals surface area contributed by atoms with Crippen LogP contribution < -0.4 is 10.2 Å². The summed E-state index contributed by atoms with van der Waals surface area (Å²) >= 11 is 0. The SMILES string of the molecule is CCNCc1cncc(-c2ccc3[nH]nc(-c4nc5c(N6CCCCC6)cccc5[nH]4)c3c2)c1C. The summed E-state index contributed by atoms with van der Waals surface area (Å²) in [7, 11) is 0. The smallest absolute Gasteiger partial charge is 0.159 e. The quantitative estimate of drug-likeness (QED) is 0.305. The molecule has 4 heterocycles. The van der Waals surface area contributed by atoms with Crippen molar-refractivity contribution < 1.29 is 0 Å². The van der Waals surface area contributed by atoms with E-state index >= 15 is 0 Å². The van der Waals surface area contributed by atoms with Crippen molar-refractivity contribution in [1.29, 1.82) is 0 Å². The molecule has 0 radical (unpaired) electrons. The predicted molar refractivity (Wildman–Crippen MR) is 143 cm³/mol. The lowest BCUT2D eigenvalue weighted by Gasteiger charge is -2.28. The molecule has 0 aliphatic carbocycles. The van der Waals surface area contributed by atoms with Gasteiger partial charge in [0.15, 0.2) is 5.82 Å². The first kappa shape index (κ1) is 21.8. The third kappa shape index (κ3) is 3.96. The van der Waals surface area contributed by atoms with Gasteiger partial charge in [0, 0.05) is 43.0 Å². The summed E-state index contributed by atoms with van der Waals surface area (Å²) in [5, 5.41) is 12.3. The number of rotatable bonds is 6. The van der Waals surface area contributed by atoms with E-state index in [0.717, 1.165) is 70.8 Å². The minimum Gasteiger partial charge on any atom is -0.370 e. The molecule has 7 heteroatoms. The van der Waals surface area contributed by atoms with Gasteiger partial charge in [-0.2, -0.15) is 5.10 Å². The molecule has 0 unspecified atom stereocenters. The van der Waals surface area contributed by atoms with Crippen molar-refractivity contribution in [3.63, 3.8) is 0 Å². The minimum atomic E-state index is 0.795. The van der Waals surface area contributed by atoms with E-state index in [0.29, 0.717) is 0 Å². The van der Waals surface area contributed by atoms with E-state index in [-0.39, 0.29) is 0 Å². The molecular formula is C28H31N7. The van der Waals surface area contributed by atoms with Crippen molar-refractivity contribution in [3.8, 4) is 22.6 Å². The maximum Gasteiger partial charge on any atom is 0.159 e. The van der Waals surface area contributed by atoms with E-state index in [1.165, 1.54) is 36.1 Å². The molecule has 0 spiro atoms. The summed E-state index contributed by atoms with van der Waals surface area (Å²) in [5.74, 6) is 0.795. The summed E-state index contributed by atoms with van der Waals surface area (Å²) in [5.41, 5.74) is 9.87. The fourth-order valence-electron chi connectivity index (χ4n) is 5.18. The lowest BCUT2D eigenvalue weighted by molar-refractivity contribution is 0.579. The summed E-state index contributed by atoms with van der Waals surface area (Å²) in [6.45, 7) is 8.23. The molecule has 1 aliphatic heterocycles. The highest BCUT2D eigenvalue weighted by Crippen LogP contribution is 2.34. The van der Waals surface area contributed by atoms with Gasteiger partial charge in [-0.3, -0.25) is 10.1 Å². The van der Waals surface area contributed by atoms with Crippen LogP contribution >= 0.6 is 0 Å². The number of fused-ring (bicyclic) bond motifs is 2. The monoisotopic (exact) mass is 465 g/mol. The maximum atomic E-state index is 5.05. The molecule has 3 aromatic heterocycles. The second-order valence-corrected chi connectivity index (χ2v) is 9.39. The third-order valence-electron chi connectivity index (χ3n) is 7.17. The standard InChI is InChI=1S/C28H31N7/c1-3-29-15-20-16-30-17-22(18(20)2)19-10-11-23-21(14-19)26(34-33-23)28-31-24-8-7-9-25(27(24)32-28)35-12-5-4-6-13-35/h7-11,14,16-17,29H,3-6,12-13,15H2,1-2H3,(H,31,32)(H,33,34). The minimum absolute atomic E-state index is 0.795. The van der Waals surface area contributed by atoms with Gasteiger partial charge in [0.05, 0.1) is 16.7 Å². The number of H-pyrrole nitrogens is 2. The van der Waals surface area contributed by atoms with E-state index < -0.39 is 0 Å². The highest BCUT2D eigenvalue weighted by Gasteiger charge is 2.19. The molecule has 0 saturated carbocycles. The van der Waals surface area contributed by atoms with Crippen LogP contribution in [0.4, 0.5) is 5.69 Å². The van der Waals surface area contributed by atoms with Crippen molar-refractivity contribution in [2.75, 3.05) is 24.5 Å². The maximum absolute atomic E-state index is 5.05. The molecule has 3 N–H and O–H groups in total. The molecule has 1 aliphatic rings. The molecular weight excluding hydrogens is 434 g/mol. The highest BCUT2D eigenvalue weighted by molar-refractivity contribution is 5.97. The van der Waals surface area contributed by atoms with Gasteiger partial charge in [-0.25, -0.2) is 4.98 Å². The first-order valence-electron chi connectivity index (χ1n) is 12.6. The van der Waals surface area contributed by atoms with Crippen molar-refractivity contribution in [2.24, 2.45) is 0 Å². The molecule has 35 heavy (non-hydrogen) atoms. The molecule has 1 fully saturated rings. The Morgan fingerprint density at radius 1 is 1.03 bits per heavy atom. The van der Waals surface area contributed by atoms with Crippen molar-refractivity contribution in [3.05, 3.63) is 59.9 Å². The van der Waals surface area contributed by atoms with Crippen LogP contribution in [0.1, 0.15) is 37.3 Å². The van der Waals surface area contributed by atoms with Gasteiger partial charge in [0.1, 0.15) is 11.2 Å². The van der Waals surface area contributed by atoms with Gasteiger partial charge in [0.25, 0.3) is 0 Å². The molecule has 1 saturated heterocycles. The number of hydrogen-bond acceptors (Lipinski definition) is 5. The van der Waals surface area contributed by atoms with Crippen LogP contribution in [0, 0.1) is 6.92 Å². The fraction of sp³-hybridized carbons (Fsp3) is 0.321.